The molecule has 0 radical (unpaired) electrons. The average molecular weight is 529 g/mol. The highest BCUT2D eigenvalue weighted by molar-refractivity contribution is 14.0. The summed E-state index contributed by atoms with van der Waals surface area (Å²) in [7, 11) is 0. The highest BCUT2D eigenvalue weighted by Gasteiger charge is 2.26. The van der Waals surface area contributed by atoms with Crippen LogP contribution in [0.15, 0.2) is 23.2 Å². The molecule has 2 N–H and O–H groups in total. The number of nitrogens with zero attached hydrogens (tertiary/aromatic N) is 2. The Morgan fingerprint density at radius 1 is 1.10 bits per heavy atom. The van der Waals surface area contributed by atoms with Gasteiger partial charge in [-0.05, 0) is 58.4 Å². The number of benzene rings is 1. The van der Waals surface area contributed by atoms with Crippen molar-refractivity contribution in [3.63, 3.8) is 0 Å². The molecule has 6 heteroatoms. The molecule has 0 bridgehead atoms. The van der Waals surface area contributed by atoms with E-state index in [0.29, 0.717) is 11.9 Å². The Morgan fingerprint density at radius 2 is 1.70 bits per heavy atom. The van der Waals surface area contributed by atoms with Crippen LogP contribution in [0.2, 0.25) is 0 Å². The van der Waals surface area contributed by atoms with E-state index in [1.165, 1.54) is 16.7 Å². The summed E-state index contributed by atoms with van der Waals surface area (Å²) in [5.74, 6) is 1.41. The fraction of sp³-hybridized carbons (Fsp3) is 0.667. The van der Waals surface area contributed by atoms with E-state index in [0.717, 1.165) is 64.2 Å². The van der Waals surface area contributed by atoms with Crippen molar-refractivity contribution in [3.8, 4) is 0 Å². The number of piperidine rings is 1. The van der Waals surface area contributed by atoms with Gasteiger partial charge in [0.2, 0.25) is 5.91 Å². The lowest BCUT2D eigenvalue weighted by atomic mass is 9.98. The number of halogens is 1. The molecule has 1 aliphatic rings. The second kappa shape index (κ2) is 13.9. The lowest BCUT2D eigenvalue weighted by molar-refractivity contribution is -0.136. The normalized spacial score (nSPS) is 15.1. The van der Waals surface area contributed by atoms with Crippen LogP contribution in [0.5, 0.6) is 0 Å². The molecule has 1 heterocycles. The van der Waals surface area contributed by atoms with Gasteiger partial charge in [0, 0.05) is 38.1 Å². The number of hydrogen-bond donors (Lipinski definition) is 2. The Hall–Kier alpha value is -1.31. The van der Waals surface area contributed by atoms with E-state index >= 15 is 0 Å². The molecule has 0 aromatic heterocycles. The van der Waals surface area contributed by atoms with Crippen molar-refractivity contribution in [2.24, 2.45) is 10.9 Å². The Balaban J connectivity index is 0.00000450. The van der Waals surface area contributed by atoms with E-state index < -0.39 is 0 Å². The van der Waals surface area contributed by atoms with Crippen molar-refractivity contribution in [1.29, 1.82) is 0 Å². The second-order valence-electron chi connectivity index (χ2n) is 8.26. The molecule has 0 spiro atoms. The predicted octanol–water partition coefficient (Wildman–Crippen LogP) is 4.45. The van der Waals surface area contributed by atoms with E-state index in [-0.39, 0.29) is 29.9 Å². The number of carbonyl (C=O) groups is 1. The van der Waals surface area contributed by atoms with Crippen molar-refractivity contribution in [3.05, 3.63) is 34.9 Å². The van der Waals surface area contributed by atoms with E-state index in [4.69, 9.17) is 4.99 Å². The third-order valence-corrected chi connectivity index (χ3v) is 5.78. The number of rotatable bonds is 8. The lowest BCUT2D eigenvalue weighted by Crippen LogP contribution is -2.50. The first kappa shape index (κ1) is 26.7. The number of carbonyl (C=O) groups excluding carboxylic acids is 1. The van der Waals surface area contributed by atoms with Crippen LogP contribution in [0.4, 0.5) is 0 Å². The van der Waals surface area contributed by atoms with Gasteiger partial charge < -0.3 is 15.5 Å². The van der Waals surface area contributed by atoms with Crippen LogP contribution in [0.25, 0.3) is 0 Å². The smallest absolute Gasteiger partial charge is 0.225 e. The van der Waals surface area contributed by atoms with E-state index in [2.05, 4.69) is 68.4 Å². The van der Waals surface area contributed by atoms with Crippen LogP contribution < -0.4 is 10.6 Å². The standard InChI is InChI=1S/C24H40N4O.HI/c1-6-21(7-2)23(29)28-13-10-22(11-14-28)27-24(25-8-3)26-12-9-20-16-18(4)15-19(5)17-20;/h15-17,21-22H,6-14H2,1-5H3,(H2,25,26,27);1H. The van der Waals surface area contributed by atoms with Gasteiger partial charge in [-0.1, -0.05) is 43.2 Å². The minimum atomic E-state index is 0. The number of nitrogens with one attached hydrogen (secondary N) is 2. The van der Waals surface area contributed by atoms with E-state index in [1.807, 2.05) is 0 Å². The molecule has 30 heavy (non-hydrogen) atoms. The molecule has 1 aliphatic heterocycles. The van der Waals surface area contributed by atoms with Gasteiger partial charge in [0.25, 0.3) is 0 Å². The summed E-state index contributed by atoms with van der Waals surface area (Å²) in [6.07, 6.45) is 4.78. The summed E-state index contributed by atoms with van der Waals surface area (Å²) in [4.78, 5) is 19.4. The van der Waals surface area contributed by atoms with Gasteiger partial charge in [0.05, 0.1) is 0 Å². The summed E-state index contributed by atoms with van der Waals surface area (Å²) in [6, 6.07) is 7.07. The van der Waals surface area contributed by atoms with Crippen LogP contribution in [0.1, 0.15) is 63.1 Å². The predicted molar refractivity (Wildman–Crippen MR) is 138 cm³/mol. The SMILES string of the molecule is CCNC(=NCCc1cc(C)cc(C)c1)NC1CCN(C(=O)C(CC)CC)CC1.I. The molecule has 170 valence electrons. The molecule has 0 atom stereocenters. The maximum Gasteiger partial charge on any atom is 0.225 e. The van der Waals surface area contributed by atoms with Crippen LogP contribution in [0, 0.1) is 19.8 Å². The minimum Gasteiger partial charge on any atom is -0.357 e. The van der Waals surface area contributed by atoms with E-state index in [1.54, 1.807) is 0 Å². The monoisotopic (exact) mass is 528 g/mol. The fourth-order valence-electron chi connectivity index (χ4n) is 4.16. The van der Waals surface area contributed by atoms with E-state index in [9.17, 15) is 4.79 Å². The lowest BCUT2D eigenvalue weighted by Gasteiger charge is -2.34. The third kappa shape index (κ3) is 8.44. The number of guanidine groups is 1. The van der Waals surface area contributed by atoms with Gasteiger partial charge in [-0.15, -0.1) is 24.0 Å². The zero-order chi connectivity index (χ0) is 21.2. The van der Waals surface area contributed by atoms with Crippen molar-refractivity contribution >= 4 is 35.8 Å². The van der Waals surface area contributed by atoms with Crippen LogP contribution in [-0.2, 0) is 11.2 Å². The summed E-state index contributed by atoms with van der Waals surface area (Å²) in [6.45, 7) is 13.9. The molecule has 1 fully saturated rings. The molecule has 1 aromatic carbocycles. The zero-order valence-corrected chi connectivity index (χ0v) is 21.8. The molecular weight excluding hydrogens is 487 g/mol. The van der Waals surface area contributed by atoms with Gasteiger partial charge in [-0.3, -0.25) is 9.79 Å². The van der Waals surface area contributed by atoms with Crippen LogP contribution in [0.3, 0.4) is 0 Å². The molecule has 0 aliphatic carbocycles. The first-order valence-corrected chi connectivity index (χ1v) is 11.4. The minimum absolute atomic E-state index is 0. The first-order valence-electron chi connectivity index (χ1n) is 11.4. The Labute approximate surface area is 200 Å². The Kier molecular flexibility index (Phi) is 12.4. The van der Waals surface area contributed by atoms with Crippen molar-refractivity contribution in [2.45, 2.75) is 72.8 Å². The Morgan fingerprint density at radius 3 is 2.23 bits per heavy atom. The van der Waals surface area contributed by atoms with Crippen molar-refractivity contribution < 1.29 is 4.79 Å². The fourth-order valence-corrected chi connectivity index (χ4v) is 4.16. The summed E-state index contributed by atoms with van der Waals surface area (Å²) in [5, 5.41) is 6.95. The highest BCUT2D eigenvalue weighted by Crippen LogP contribution is 2.17. The van der Waals surface area contributed by atoms with Crippen LogP contribution in [-0.4, -0.2) is 49.0 Å². The average Bonchev–Trinajstić information content (AvgIpc) is 2.69. The molecule has 1 amide bonds. The van der Waals surface area contributed by atoms with Gasteiger partial charge in [0.15, 0.2) is 5.96 Å². The van der Waals surface area contributed by atoms with Gasteiger partial charge in [-0.2, -0.15) is 0 Å². The molecule has 2 rings (SSSR count). The number of hydrogen-bond acceptors (Lipinski definition) is 2. The zero-order valence-electron chi connectivity index (χ0n) is 19.5. The number of aryl methyl sites for hydroxylation is 2. The molecule has 0 saturated carbocycles. The number of likely N-dealkylation sites (tertiary alicyclic amines) is 1. The molecule has 5 nitrogen and oxygen atoms in total. The van der Waals surface area contributed by atoms with Crippen LogP contribution >= 0.6 is 24.0 Å². The summed E-state index contributed by atoms with van der Waals surface area (Å²) >= 11 is 0. The largest absolute Gasteiger partial charge is 0.357 e. The molecule has 1 aromatic rings. The molecule has 0 unspecified atom stereocenters. The maximum atomic E-state index is 12.6. The van der Waals surface area contributed by atoms with Gasteiger partial charge >= 0.3 is 0 Å². The number of amides is 1. The highest BCUT2D eigenvalue weighted by atomic mass is 127. The Bertz CT molecular complexity index is 660. The summed E-state index contributed by atoms with van der Waals surface area (Å²) in [5.41, 5.74) is 3.96. The maximum absolute atomic E-state index is 12.6. The molecule has 1 saturated heterocycles. The topological polar surface area (TPSA) is 56.7 Å². The third-order valence-electron chi connectivity index (χ3n) is 5.78. The van der Waals surface area contributed by atoms with Gasteiger partial charge in [0.1, 0.15) is 0 Å². The van der Waals surface area contributed by atoms with Crippen molar-refractivity contribution in [1.82, 2.24) is 15.5 Å². The summed E-state index contributed by atoms with van der Waals surface area (Å²) < 4.78 is 0. The second-order valence-corrected chi connectivity index (χ2v) is 8.26. The quantitative estimate of drug-likeness (QED) is 0.298. The molecular formula is C24H41IN4O. The van der Waals surface area contributed by atoms with Crippen molar-refractivity contribution in [2.75, 3.05) is 26.2 Å². The number of aliphatic imine (C=N–C) groups is 1. The van der Waals surface area contributed by atoms with Gasteiger partial charge in [-0.25, -0.2) is 0 Å². The first-order chi connectivity index (χ1) is 14.0.